The Hall–Kier alpha value is -0.110. The van der Waals surface area contributed by atoms with Crippen LogP contribution in [0.15, 0.2) is 18.2 Å². The number of ether oxygens (including phenoxy) is 1. The predicted octanol–water partition coefficient (Wildman–Crippen LogP) is 3.66. The van der Waals surface area contributed by atoms with Crippen molar-refractivity contribution in [2.24, 2.45) is 0 Å². The third kappa shape index (κ3) is 6.17. The van der Waals surface area contributed by atoms with Crippen LogP contribution in [0, 0.1) is 3.57 Å². The van der Waals surface area contributed by atoms with Crippen molar-refractivity contribution in [1.29, 1.82) is 0 Å². The van der Waals surface area contributed by atoms with Gasteiger partial charge in [-0.05, 0) is 66.4 Å². The molecule has 0 aromatic heterocycles. The highest BCUT2D eigenvalue weighted by Crippen LogP contribution is 2.22. The van der Waals surface area contributed by atoms with Crippen LogP contribution in [-0.4, -0.2) is 24.9 Å². The summed E-state index contributed by atoms with van der Waals surface area (Å²) in [5.41, 5.74) is 0.960. The standard InChI is InChI=1S/C12H16ClIN2OS/c1-2-17-7-3-6-15-12(18)16-11-5-4-9(13)8-10(11)14/h4-5,8H,2-3,6-7H2,1H3,(H2,15,16,18). The Morgan fingerprint density at radius 1 is 1.50 bits per heavy atom. The van der Waals surface area contributed by atoms with Crippen molar-refractivity contribution in [3.63, 3.8) is 0 Å². The molecule has 0 saturated heterocycles. The van der Waals surface area contributed by atoms with Crippen LogP contribution in [-0.2, 0) is 4.74 Å². The first kappa shape index (κ1) is 15.9. The maximum absolute atomic E-state index is 5.89. The highest BCUT2D eigenvalue weighted by molar-refractivity contribution is 14.1. The van der Waals surface area contributed by atoms with Gasteiger partial charge in [-0.1, -0.05) is 11.6 Å². The molecule has 0 unspecified atom stereocenters. The highest BCUT2D eigenvalue weighted by atomic mass is 127. The minimum Gasteiger partial charge on any atom is -0.382 e. The number of anilines is 1. The van der Waals surface area contributed by atoms with Crippen molar-refractivity contribution in [3.05, 3.63) is 26.8 Å². The minimum atomic E-state index is 0.617. The molecule has 0 aliphatic carbocycles. The predicted molar refractivity (Wildman–Crippen MR) is 89.5 cm³/mol. The molecular formula is C12H16ClIN2OS. The van der Waals surface area contributed by atoms with E-state index in [4.69, 9.17) is 28.6 Å². The van der Waals surface area contributed by atoms with Crippen molar-refractivity contribution in [2.75, 3.05) is 25.1 Å². The number of benzene rings is 1. The summed E-state index contributed by atoms with van der Waals surface area (Å²) in [6.07, 6.45) is 0.938. The molecule has 6 heteroatoms. The van der Waals surface area contributed by atoms with Crippen LogP contribution in [0.3, 0.4) is 0 Å². The summed E-state index contributed by atoms with van der Waals surface area (Å²) >= 11 is 13.3. The zero-order chi connectivity index (χ0) is 13.4. The largest absolute Gasteiger partial charge is 0.382 e. The average molecular weight is 399 g/mol. The van der Waals surface area contributed by atoms with Gasteiger partial charge in [-0.2, -0.15) is 0 Å². The first-order chi connectivity index (χ1) is 8.63. The first-order valence-corrected chi connectivity index (χ1v) is 7.57. The molecule has 0 bridgehead atoms. The van der Waals surface area contributed by atoms with Gasteiger partial charge in [-0.3, -0.25) is 0 Å². The Balaban J connectivity index is 2.31. The Labute approximate surface area is 132 Å². The van der Waals surface area contributed by atoms with Gasteiger partial charge in [0, 0.05) is 28.4 Å². The lowest BCUT2D eigenvalue weighted by Crippen LogP contribution is -2.30. The second-order valence-corrected chi connectivity index (χ2v) is 5.56. The van der Waals surface area contributed by atoms with E-state index in [2.05, 4.69) is 33.2 Å². The highest BCUT2D eigenvalue weighted by Gasteiger charge is 2.02. The Morgan fingerprint density at radius 2 is 2.28 bits per heavy atom. The van der Waals surface area contributed by atoms with Gasteiger partial charge in [-0.15, -0.1) is 0 Å². The molecule has 0 heterocycles. The number of rotatable bonds is 6. The molecule has 1 rings (SSSR count). The van der Waals surface area contributed by atoms with Gasteiger partial charge in [0.2, 0.25) is 0 Å². The molecule has 100 valence electrons. The maximum atomic E-state index is 5.89. The molecule has 0 aliphatic rings. The van der Waals surface area contributed by atoms with Gasteiger partial charge >= 0.3 is 0 Å². The molecule has 1 aromatic carbocycles. The van der Waals surface area contributed by atoms with Crippen LogP contribution in [0.2, 0.25) is 5.02 Å². The molecule has 1 aromatic rings. The summed E-state index contributed by atoms with van der Waals surface area (Å²) in [5.74, 6) is 0. The smallest absolute Gasteiger partial charge is 0.170 e. The number of hydrogen-bond donors (Lipinski definition) is 2. The van der Waals surface area contributed by atoms with Gasteiger partial charge in [-0.25, -0.2) is 0 Å². The number of hydrogen-bond acceptors (Lipinski definition) is 2. The van der Waals surface area contributed by atoms with E-state index in [-0.39, 0.29) is 0 Å². The van der Waals surface area contributed by atoms with Gasteiger partial charge in [0.25, 0.3) is 0 Å². The molecular weight excluding hydrogens is 383 g/mol. The molecule has 0 spiro atoms. The fourth-order valence-corrected chi connectivity index (χ4v) is 2.50. The van der Waals surface area contributed by atoms with E-state index in [1.807, 2.05) is 25.1 Å². The van der Waals surface area contributed by atoms with Crippen molar-refractivity contribution < 1.29 is 4.74 Å². The topological polar surface area (TPSA) is 33.3 Å². The average Bonchev–Trinajstić information content (AvgIpc) is 2.32. The summed E-state index contributed by atoms with van der Waals surface area (Å²) in [4.78, 5) is 0. The van der Waals surface area contributed by atoms with Crippen LogP contribution in [0.5, 0.6) is 0 Å². The van der Waals surface area contributed by atoms with E-state index < -0.39 is 0 Å². The van der Waals surface area contributed by atoms with E-state index in [9.17, 15) is 0 Å². The Morgan fingerprint density at radius 3 is 2.94 bits per heavy atom. The molecule has 18 heavy (non-hydrogen) atoms. The molecule has 0 radical (unpaired) electrons. The van der Waals surface area contributed by atoms with Crippen molar-refractivity contribution in [3.8, 4) is 0 Å². The van der Waals surface area contributed by atoms with Crippen molar-refractivity contribution >= 4 is 57.2 Å². The van der Waals surface area contributed by atoms with Crippen LogP contribution in [0.1, 0.15) is 13.3 Å². The van der Waals surface area contributed by atoms with Crippen molar-refractivity contribution in [2.45, 2.75) is 13.3 Å². The Bertz CT molecular complexity index is 404. The summed E-state index contributed by atoms with van der Waals surface area (Å²) in [5, 5.41) is 7.62. The lowest BCUT2D eigenvalue weighted by Gasteiger charge is -2.12. The van der Waals surface area contributed by atoms with E-state index >= 15 is 0 Å². The summed E-state index contributed by atoms with van der Waals surface area (Å²) in [6.45, 7) is 4.30. The van der Waals surface area contributed by atoms with Gasteiger partial charge in [0.05, 0.1) is 5.69 Å². The fraction of sp³-hybridized carbons (Fsp3) is 0.417. The van der Waals surface area contributed by atoms with Crippen LogP contribution < -0.4 is 10.6 Å². The van der Waals surface area contributed by atoms with E-state index in [0.29, 0.717) is 5.11 Å². The van der Waals surface area contributed by atoms with Gasteiger partial charge < -0.3 is 15.4 Å². The van der Waals surface area contributed by atoms with Crippen LogP contribution >= 0.6 is 46.4 Å². The van der Waals surface area contributed by atoms with Crippen LogP contribution in [0.25, 0.3) is 0 Å². The van der Waals surface area contributed by atoms with E-state index in [0.717, 1.165) is 40.5 Å². The number of thiocarbonyl (C=S) groups is 1. The molecule has 0 fully saturated rings. The third-order valence-electron chi connectivity index (χ3n) is 2.13. The van der Waals surface area contributed by atoms with E-state index in [1.165, 1.54) is 0 Å². The lowest BCUT2D eigenvalue weighted by atomic mass is 10.3. The maximum Gasteiger partial charge on any atom is 0.170 e. The fourth-order valence-electron chi connectivity index (χ4n) is 1.28. The van der Waals surface area contributed by atoms with Gasteiger partial charge in [0.1, 0.15) is 0 Å². The number of halogens is 2. The minimum absolute atomic E-state index is 0.617. The molecule has 0 atom stereocenters. The normalized spacial score (nSPS) is 10.2. The zero-order valence-corrected chi connectivity index (χ0v) is 13.9. The molecule has 0 aliphatic heterocycles. The molecule has 3 nitrogen and oxygen atoms in total. The summed E-state index contributed by atoms with van der Waals surface area (Å²) in [6, 6.07) is 5.64. The second kappa shape index (κ2) is 8.90. The Kier molecular flexibility index (Phi) is 7.88. The summed E-state index contributed by atoms with van der Waals surface area (Å²) in [7, 11) is 0. The third-order valence-corrected chi connectivity index (χ3v) is 3.51. The zero-order valence-electron chi connectivity index (χ0n) is 10.1. The SMILES string of the molecule is CCOCCCNC(=S)Nc1ccc(Cl)cc1I. The molecule has 0 saturated carbocycles. The molecule has 0 amide bonds. The first-order valence-electron chi connectivity index (χ1n) is 5.71. The van der Waals surface area contributed by atoms with E-state index in [1.54, 1.807) is 0 Å². The van der Waals surface area contributed by atoms with Crippen molar-refractivity contribution in [1.82, 2.24) is 5.32 Å². The van der Waals surface area contributed by atoms with Gasteiger partial charge in [0.15, 0.2) is 5.11 Å². The second-order valence-electron chi connectivity index (χ2n) is 3.56. The lowest BCUT2D eigenvalue weighted by molar-refractivity contribution is 0.146. The quantitative estimate of drug-likeness (QED) is 0.435. The number of nitrogens with one attached hydrogen (secondary N) is 2. The summed E-state index contributed by atoms with van der Waals surface area (Å²) < 4.78 is 6.29. The monoisotopic (exact) mass is 398 g/mol. The molecule has 2 N–H and O–H groups in total. The van der Waals surface area contributed by atoms with Crippen LogP contribution in [0.4, 0.5) is 5.69 Å².